The number of aliphatic carboxylic acids is 1. The van der Waals surface area contributed by atoms with Crippen molar-refractivity contribution in [3.8, 4) is 0 Å². The molecule has 2 N–H and O–H groups in total. The van der Waals surface area contributed by atoms with Gasteiger partial charge in [-0.15, -0.1) is 0 Å². The predicted molar refractivity (Wildman–Crippen MR) is 72.4 cm³/mol. The van der Waals surface area contributed by atoms with Crippen LogP contribution < -0.4 is 5.32 Å². The first-order valence-corrected chi connectivity index (χ1v) is 6.38. The van der Waals surface area contributed by atoms with Crippen molar-refractivity contribution in [3.63, 3.8) is 0 Å². The molecule has 0 radical (unpaired) electrons. The van der Waals surface area contributed by atoms with E-state index in [4.69, 9.17) is 9.84 Å². The summed E-state index contributed by atoms with van der Waals surface area (Å²) in [7, 11) is 3.16. The van der Waals surface area contributed by atoms with Crippen molar-refractivity contribution in [2.75, 3.05) is 13.7 Å². The van der Waals surface area contributed by atoms with Crippen LogP contribution in [0.3, 0.4) is 0 Å². The van der Waals surface area contributed by atoms with Gasteiger partial charge in [-0.2, -0.15) is 5.10 Å². The monoisotopic (exact) mass is 283 g/mol. The molecule has 7 heteroatoms. The van der Waals surface area contributed by atoms with E-state index in [-0.39, 0.29) is 12.5 Å². The first kappa shape index (κ1) is 16.2. The molecule has 1 rings (SSSR count). The van der Waals surface area contributed by atoms with Crippen LogP contribution in [0.25, 0.3) is 0 Å². The number of nitrogens with zero attached hydrogens (tertiary/aromatic N) is 2. The Balaban J connectivity index is 2.46. The average molecular weight is 283 g/mol. The summed E-state index contributed by atoms with van der Waals surface area (Å²) in [6.45, 7) is 3.83. The number of aromatic nitrogens is 2. The number of amides is 1. The Labute approximate surface area is 117 Å². The molecule has 0 spiro atoms. The van der Waals surface area contributed by atoms with E-state index >= 15 is 0 Å². The molecule has 1 aromatic heterocycles. The number of carbonyl (C=O) groups excluding carboxylic acids is 1. The lowest BCUT2D eigenvalue weighted by Gasteiger charge is -2.11. The summed E-state index contributed by atoms with van der Waals surface area (Å²) in [5.41, 5.74) is 3.01. The van der Waals surface area contributed by atoms with Crippen molar-refractivity contribution in [1.29, 1.82) is 0 Å². The molecule has 7 nitrogen and oxygen atoms in total. The van der Waals surface area contributed by atoms with Crippen molar-refractivity contribution >= 4 is 11.9 Å². The number of hydrogen-bond acceptors (Lipinski definition) is 4. The third-order valence-electron chi connectivity index (χ3n) is 3.31. The highest BCUT2D eigenvalue weighted by atomic mass is 16.5. The summed E-state index contributed by atoms with van der Waals surface area (Å²) in [6, 6.07) is 0. The standard InChI is InChI=1S/C13H21N3O4/c1-8-10(9(2)16(3)15-8)5-6-12(17)14-7-11(20-4)13(18)19/h11H,5-7H2,1-4H3,(H,14,17)(H,18,19). The van der Waals surface area contributed by atoms with Crippen molar-refractivity contribution in [3.05, 3.63) is 17.0 Å². The fourth-order valence-electron chi connectivity index (χ4n) is 1.98. The number of carboxylic acids is 1. The number of aryl methyl sites for hydroxylation is 2. The third-order valence-corrected chi connectivity index (χ3v) is 3.31. The van der Waals surface area contributed by atoms with Gasteiger partial charge in [0.15, 0.2) is 6.10 Å². The van der Waals surface area contributed by atoms with E-state index in [2.05, 4.69) is 10.4 Å². The number of methoxy groups -OCH3 is 1. The van der Waals surface area contributed by atoms with Crippen LogP contribution in [-0.2, 0) is 27.8 Å². The van der Waals surface area contributed by atoms with E-state index in [0.29, 0.717) is 12.8 Å². The molecule has 0 fully saturated rings. The van der Waals surface area contributed by atoms with E-state index in [1.165, 1.54) is 7.11 Å². The zero-order valence-corrected chi connectivity index (χ0v) is 12.3. The second-order valence-corrected chi connectivity index (χ2v) is 4.64. The van der Waals surface area contributed by atoms with E-state index in [1.807, 2.05) is 20.9 Å². The maximum atomic E-state index is 11.7. The van der Waals surface area contributed by atoms with Gasteiger partial charge < -0.3 is 15.2 Å². The van der Waals surface area contributed by atoms with Crippen LogP contribution in [0.4, 0.5) is 0 Å². The Bertz CT molecular complexity index is 496. The molecule has 1 aromatic rings. The fourth-order valence-corrected chi connectivity index (χ4v) is 1.98. The van der Waals surface area contributed by atoms with Crippen molar-refractivity contribution in [1.82, 2.24) is 15.1 Å². The van der Waals surface area contributed by atoms with Crippen molar-refractivity contribution in [2.24, 2.45) is 7.05 Å². The molecule has 0 bridgehead atoms. The normalized spacial score (nSPS) is 12.2. The molecule has 1 heterocycles. The van der Waals surface area contributed by atoms with Crippen LogP contribution in [0.2, 0.25) is 0 Å². The quantitative estimate of drug-likeness (QED) is 0.745. The largest absolute Gasteiger partial charge is 0.479 e. The van der Waals surface area contributed by atoms with Gasteiger partial charge in [-0.1, -0.05) is 0 Å². The van der Waals surface area contributed by atoms with Crippen LogP contribution in [0, 0.1) is 13.8 Å². The van der Waals surface area contributed by atoms with E-state index in [0.717, 1.165) is 17.0 Å². The van der Waals surface area contributed by atoms with Crippen molar-refractivity contribution in [2.45, 2.75) is 32.8 Å². The summed E-state index contributed by atoms with van der Waals surface area (Å²) in [6.07, 6.45) is -0.133. The number of ether oxygens (including phenoxy) is 1. The van der Waals surface area contributed by atoms with Crippen LogP contribution in [-0.4, -0.2) is 46.5 Å². The predicted octanol–water partition coefficient (Wildman–Crippen LogP) is 0.185. The van der Waals surface area contributed by atoms with E-state index < -0.39 is 12.1 Å². The Morgan fingerprint density at radius 3 is 2.55 bits per heavy atom. The van der Waals surface area contributed by atoms with Gasteiger partial charge in [-0.3, -0.25) is 9.48 Å². The van der Waals surface area contributed by atoms with E-state index in [9.17, 15) is 9.59 Å². The molecule has 1 amide bonds. The smallest absolute Gasteiger partial charge is 0.334 e. The SMILES string of the molecule is COC(CNC(=O)CCc1c(C)nn(C)c1C)C(=O)O. The molecular weight excluding hydrogens is 262 g/mol. The summed E-state index contributed by atoms with van der Waals surface area (Å²) in [4.78, 5) is 22.4. The third kappa shape index (κ3) is 4.06. The van der Waals surface area contributed by atoms with Gasteiger partial charge in [0.05, 0.1) is 12.2 Å². The number of nitrogens with one attached hydrogen (secondary N) is 1. The molecule has 0 aliphatic carbocycles. The number of carboxylic acid groups (broad SMARTS) is 1. The lowest BCUT2D eigenvalue weighted by molar-refractivity contribution is -0.148. The van der Waals surface area contributed by atoms with Gasteiger partial charge in [0.25, 0.3) is 0 Å². The first-order chi connectivity index (χ1) is 9.36. The molecule has 0 aromatic carbocycles. The highest BCUT2D eigenvalue weighted by molar-refractivity contribution is 5.78. The van der Waals surface area contributed by atoms with Gasteiger partial charge in [-0.25, -0.2) is 4.79 Å². The molecule has 112 valence electrons. The average Bonchev–Trinajstić information content (AvgIpc) is 2.61. The van der Waals surface area contributed by atoms with Crippen molar-refractivity contribution < 1.29 is 19.4 Å². The Morgan fingerprint density at radius 1 is 1.45 bits per heavy atom. The highest BCUT2D eigenvalue weighted by Crippen LogP contribution is 2.13. The summed E-state index contributed by atoms with van der Waals surface area (Å²) in [5.74, 6) is -1.29. The highest BCUT2D eigenvalue weighted by Gasteiger charge is 2.17. The molecule has 0 aliphatic heterocycles. The van der Waals surface area contributed by atoms with Gasteiger partial charge in [0.2, 0.25) is 5.91 Å². The summed E-state index contributed by atoms with van der Waals surface area (Å²) < 4.78 is 6.52. The lowest BCUT2D eigenvalue weighted by Crippen LogP contribution is -2.37. The molecular formula is C13H21N3O4. The topological polar surface area (TPSA) is 93.5 Å². The number of hydrogen-bond donors (Lipinski definition) is 2. The van der Waals surface area contributed by atoms with Gasteiger partial charge >= 0.3 is 5.97 Å². The zero-order chi connectivity index (χ0) is 15.3. The van der Waals surface area contributed by atoms with Crippen LogP contribution in [0.1, 0.15) is 23.4 Å². The first-order valence-electron chi connectivity index (χ1n) is 6.38. The fraction of sp³-hybridized carbons (Fsp3) is 0.615. The molecule has 0 aliphatic rings. The second kappa shape index (κ2) is 7.04. The van der Waals surface area contributed by atoms with Gasteiger partial charge in [0.1, 0.15) is 0 Å². The minimum atomic E-state index is -1.09. The minimum absolute atomic E-state index is 0.0321. The van der Waals surface area contributed by atoms with Gasteiger partial charge in [-0.05, 0) is 25.8 Å². The number of carbonyl (C=O) groups is 2. The Hall–Kier alpha value is -1.89. The second-order valence-electron chi connectivity index (χ2n) is 4.64. The Kier molecular flexibility index (Phi) is 5.69. The van der Waals surface area contributed by atoms with Gasteiger partial charge in [0, 0.05) is 26.3 Å². The molecule has 0 saturated heterocycles. The molecule has 20 heavy (non-hydrogen) atoms. The number of rotatable bonds is 7. The molecule has 1 unspecified atom stereocenters. The van der Waals surface area contributed by atoms with Crippen LogP contribution in [0.5, 0.6) is 0 Å². The molecule has 1 atom stereocenters. The van der Waals surface area contributed by atoms with E-state index in [1.54, 1.807) is 4.68 Å². The van der Waals surface area contributed by atoms with Crippen LogP contribution in [0.15, 0.2) is 0 Å². The lowest BCUT2D eigenvalue weighted by atomic mass is 10.1. The van der Waals surface area contributed by atoms with Crippen LogP contribution >= 0.6 is 0 Å². The summed E-state index contributed by atoms with van der Waals surface area (Å²) >= 11 is 0. The molecule has 0 saturated carbocycles. The zero-order valence-electron chi connectivity index (χ0n) is 12.3. The Morgan fingerprint density at radius 2 is 2.10 bits per heavy atom. The summed E-state index contributed by atoms with van der Waals surface area (Å²) in [5, 5.41) is 15.6. The maximum Gasteiger partial charge on any atom is 0.334 e. The maximum absolute atomic E-state index is 11.7. The minimum Gasteiger partial charge on any atom is -0.479 e.